The van der Waals surface area contributed by atoms with E-state index in [1.165, 1.54) is 6.07 Å². The number of aryl methyl sites for hydroxylation is 1. The minimum absolute atomic E-state index is 0.0832. The molecule has 0 saturated carbocycles. The van der Waals surface area contributed by atoms with Crippen LogP contribution in [0.3, 0.4) is 0 Å². The maximum Gasteiger partial charge on any atom is 0.250 e. The minimum Gasteiger partial charge on any atom is -0.366 e. The Bertz CT molecular complexity index is 895. The molecule has 0 saturated heterocycles. The van der Waals surface area contributed by atoms with Crippen LogP contribution < -0.4 is 5.73 Å². The molecule has 0 unspecified atom stereocenters. The Balaban J connectivity index is 3.04. The molecule has 0 aliphatic carbocycles. The summed E-state index contributed by atoms with van der Waals surface area (Å²) in [5, 5.41) is 9.35. The summed E-state index contributed by atoms with van der Waals surface area (Å²) in [5.41, 5.74) is 6.63. The predicted octanol–water partition coefficient (Wildman–Crippen LogP) is 2.04. The van der Waals surface area contributed by atoms with Crippen molar-refractivity contribution in [2.75, 3.05) is 6.26 Å². The van der Waals surface area contributed by atoms with Gasteiger partial charge in [0.25, 0.3) is 0 Å². The van der Waals surface area contributed by atoms with Gasteiger partial charge in [-0.25, -0.2) is 8.42 Å². The summed E-state index contributed by atoms with van der Waals surface area (Å²) in [5.74, 6) is -0.829. The third kappa shape index (κ3) is 2.71. The third-order valence-electron chi connectivity index (χ3n) is 3.29. The smallest absolute Gasteiger partial charge is 0.250 e. The predicted molar refractivity (Wildman–Crippen MR) is 83.0 cm³/mol. The van der Waals surface area contributed by atoms with Gasteiger partial charge in [-0.2, -0.15) is 5.26 Å². The lowest BCUT2D eigenvalue weighted by atomic mass is 9.94. The molecule has 2 aromatic rings. The fourth-order valence-electron chi connectivity index (χ4n) is 2.43. The van der Waals surface area contributed by atoms with E-state index in [0.29, 0.717) is 16.7 Å². The lowest BCUT2D eigenvalue weighted by Crippen LogP contribution is -2.17. The summed E-state index contributed by atoms with van der Waals surface area (Å²) in [7, 11) is -3.73. The second-order valence-electron chi connectivity index (χ2n) is 4.93. The van der Waals surface area contributed by atoms with Crippen molar-refractivity contribution in [2.24, 2.45) is 5.73 Å². The molecule has 0 atom stereocenters. The number of hydrogen-bond donors (Lipinski definition) is 1. The van der Waals surface area contributed by atoms with E-state index in [0.717, 1.165) is 6.26 Å². The Labute approximate surface area is 128 Å². The molecule has 0 heterocycles. The van der Waals surface area contributed by atoms with Crippen LogP contribution in [-0.4, -0.2) is 20.6 Å². The highest BCUT2D eigenvalue weighted by Gasteiger charge is 2.26. The summed E-state index contributed by atoms with van der Waals surface area (Å²) < 4.78 is 24.5. The minimum atomic E-state index is -3.73. The number of carbonyl (C=O) groups excluding carboxylic acids is 1. The Kier molecular flexibility index (Phi) is 4.02. The average Bonchev–Trinajstić information content (AvgIpc) is 2.45. The molecule has 22 heavy (non-hydrogen) atoms. The van der Waals surface area contributed by atoms with Gasteiger partial charge in [0.1, 0.15) is 6.07 Å². The quantitative estimate of drug-likeness (QED) is 0.936. The van der Waals surface area contributed by atoms with Crippen LogP contribution in [0.5, 0.6) is 0 Å². The third-order valence-corrected chi connectivity index (χ3v) is 4.44. The van der Waals surface area contributed by atoms with E-state index in [9.17, 15) is 18.5 Å². The van der Waals surface area contributed by atoms with Crippen LogP contribution in [-0.2, 0) is 9.84 Å². The zero-order chi connectivity index (χ0) is 16.5. The van der Waals surface area contributed by atoms with Gasteiger partial charge in [-0.1, -0.05) is 30.3 Å². The summed E-state index contributed by atoms with van der Waals surface area (Å²) >= 11 is 0. The SMILES string of the molecule is Cc1cc(C(N)=O)c(C#N)c(S(C)(=O)=O)c1-c1ccccc1. The van der Waals surface area contributed by atoms with Gasteiger partial charge in [0.05, 0.1) is 16.0 Å². The summed E-state index contributed by atoms with van der Waals surface area (Å²) in [6, 6.07) is 12.1. The van der Waals surface area contributed by atoms with Gasteiger partial charge in [-0.15, -0.1) is 0 Å². The van der Waals surface area contributed by atoms with Gasteiger partial charge < -0.3 is 5.73 Å². The van der Waals surface area contributed by atoms with Crippen LogP contribution >= 0.6 is 0 Å². The largest absolute Gasteiger partial charge is 0.366 e. The lowest BCUT2D eigenvalue weighted by Gasteiger charge is -2.15. The molecular weight excluding hydrogens is 300 g/mol. The number of nitriles is 1. The molecule has 0 fully saturated rings. The molecule has 5 nitrogen and oxygen atoms in total. The van der Waals surface area contributed by atoms with Crippen molar-refractivity contribution in [3.8, 4) is 17.2 Å². The maximum atomic E-state index is 12.2. The van der Waals surface area contributed by atoms with Crippen molar-refractivity contribution in [3.05, 3.63) is 53.1 Å². The van der Waals surface area contributed by atoms with Gasteiger partial charge >= 0.3 is 0 Å². The van der Waals surface area contributed by atoms with Crippen molar-refractivity contribution < 1.29 is 13.2 Å². The van der Waals surface area contributed by atoms with E-state index >= 15 is 0 Å². The number of nitrogens with zero attached hydrogens (tertiary/aromatic N) is 1. The summed E-state index contributed by atoms with van der Waals surface area (Å²) in [6.45, 7) is 1.69. The monoisotopic (exact) mass is 314 g/mol. The highest BCUT2D eigenvalue weighted by Crippen LogP contribution is 2.35. The van der Waals surface area contributed by atoms with Crippen molar-refractivity contribution in [1.29, 1.82) is 5.26 Å². The van der Waals surface area contributed by atoms with Crippen molar-refractivity contribution in [3.63, 3.8) is 0 Å². The molecular formula is C16H14N2O3S. The number of amides is 1. The lowest BCUT2D eigenvalue weighted by molar-refractivity contribution is 0.1000. The fraction of sp³-hybridized carbons (Fsp3) is 0.125. The number of rotatable bonds is 3. The maximum absolute atomic E-state index is 12.2. The molecule has 0 spiro atoms. The molecule has 6 heteroatoms. The zero-order valence-electron chi connectivity index (χ0n) is 12.1. The Hall–Kier alpha value is -2.65. The molecule has 0 bridgehead atoms. The normalized spacial score (nSPS) is 11.0. The van der Waals surface area contributed by atoms with Crippen molar-refractivity contribution in [2.45, 2.75) is 11.8 Å². The van der Waals surface area contributed by atoms with Crippen LogP contribution in [0.1, 0.15) is 21.5 Å². The van der Waals surface area contributed by atoms with E-state index in [1.807, 2.05) is 12.1 Å². The van der Waals surface area contributed by atoms with E-state index in [-0.39, 0.29) is 16.0 Å². The first-order valence-corrected chi connectivity index (χ1v) is 8.29. The first kappa shape index (κ1) is 15.7. The number of carbonyl (C=O) groups is 1. The number of sulfone groups is 1. The Morgan fingerprint density at radius 2 is 1.82 bits per heavy atom. The van der Waals surface area contributed by atoms with E-state index in [4.69, 9.17) is 5.73 Å². The van der Waals surface area contributed by atoms with Crippen LogP contribution in [0.25, 0.3) is 11.1 Å². The summed E-state index contributed by atoms with van der Waals surface area (Å²) in [4.78, 5) is 11.4. The summed E-state index contributed by atoms with van der Waals surface area (Å²) in [6.07, 6.45) is 1.01. The molecule has 112 valence electrons. The van der Waals surface area contributed by atoms with Crippen LogP contribution in [0, 0.1) is 18.3 Å². The average molecular weight is 314 g/mol. The molecule has 2 rings (SSSR count). The fourth-order valence-corrected chi connectivity index (χ4v) is 3.60. The van der Waals surface area contributed by atoms with E-state index < -0.39 is 15.7 Å². The Morgan fingerprint density at radius 3 is 2.27 bits per heavy atom. The van der Waals surface area contributed by atoms with Crippen molar-refractivity contribution in [1.82, 2.24) is 0 Å². The van der Waals surface area contributed by atoms with Crippen LogP contribution in [0.15, 0.2) is 41.3 Å². The highest BCUT2D eigenvalue weighted by molar-refractivity contribution is 7.91. The van der Waals surface area contributed by atoms with Crippen LogP contribution in [0.4, 0.5) is 0 Å². The molecule has 0 aromatic heterocycles. The molecule has 0 aliphatic rings. The van der Waals surface area contributed by atoms with Gasteiger partial charge in [0, 0.05) is 11.8 Å². The number of hydrogen-bond acceptors (Lipinski definition) is 4. The van der Waals surface area contributed by atoms with Crippen LogP contribution in [0.2, 0.25) is 0 Å². The molecule has 2 N–H and O–H groups in total. The van der Waals surface area contributed by atoms with Gasteiger partial charge in [-0.05, 0) is 24.1 Å². The molecule has 0 aliphatic heterocycles. The number of nitrogens with two attached hydrogens (primary N) is 1. The highest BCUT2D eigenvalue weighted by atomic mass is 32.2. The van der Waals surface area contributed by atoms with Gasteiger partial charge in [-0.3, -0.25) is 4.79 Å². The zero-order valence-corrected chi connectivity index (χ0v) is 12.9. The van der Waals surface area contributed by atoms with E-state index in [1.54, 1.807) is 31.2 Å². The molecule has 2 aromatic carbocycles. The Morgan fingerprint density at radius 1 is 1.23 bits per heavy atom. The second kappa shape index (κ2) is 5.62. The molecule has 0 radical (unpaired) electrons. The molecule has 1 amide bonds. The standard InChI is InChI=1S/C16H14N2O3S/c1-10-8-12(16(18)19)13(9-17)15(22(2,20)21)14(10)11-6-4-3-5-7-11/h3-8H,1-2H3,(H2,18,19). The number of primary amides is 1. The van der Waals surface area contributed by atoms with E-state index in [2.05, 4.69) is 0 Å². The first-order chi connectivity index (χ1) is 10.3. The topological polar surface area (TPSA) is 101 Å². The first-order valence-electron chi connectivity index (χ1n) is 6.40. The second-order valence-corrected chi connectivity index (χ2v) is 6.89. The van der Waals surface area contributed by atoms with Gasteiger partial charge in [0.15, 0.2) is 9.84 Å². The van der Waals surface area contributed by atoms with Gasteiger partial charge in [0.2, 0.25) is 5.91 Å². The van der Waals surface area contributed by atoms with Crippen molar-refractivity contribution >= 4 is 15.7 Å². The number of benzene rings is 2.